The van der Waals surface area contributed by atoms with Gasteiger partial charge >= 0.3 is 11.9 Å². The molecule has 4 nitrogen and oxygen atoms in total. The Balaban J connectivity index is 2.65. The van der Waals surface area contributed by atoms with Crippen molar-refractivity contribution >= 4 is 11.9 Å². The first-order chi connectivity index (χ1) is 6.57. The van der Waals surface area contributed by atoms with E-state index in [1.54, 1.807) is 6.08 Å². The van der Waals surface area contributed by atoms with E-state index in [4.69, 9.17) is 10.2 Å². The second-order valence-electron chi connectivity index (χ2n) is 3.67. The Morgan fingerprint density at radius 3 is 2.21 bits per heavy atom. The maximum Gasteiger partial charge on any atom is 0.313 e. The van der Waals surface area contributed by atoms with E-state index >= 15 is 0 Å². The van der Waals surface area contributed by atoms with E-state index in [1.807, 2.05) is 0 Å². The fraction of sp³-hybridized carbons (Fsp3) is 0.600. The molecule has 0 aliphatic heterocycles. The third kappa shape index (κ3) is 2.34. The smallest absolute Gasteiger partial charge is 0.313 e. The molecule has 1 aliphatic carbocycles. The van der Waals surface area contributed by atoms with Gasteiger partial charge < -0.3 is 10.2 Å². The molecule has 1 rings (SSSR count). The van der Waals surface area contributed by atoms with Crippen LogP contribution in [0.4, 0.5) is 0 Å². The van der Waals surface area contributed by atoms with E-state index in [0.29, 0.717) is 12.8 Å². The summed E-state index contributed by atoms with van der Waals surface area (Å²) >= 11 is 0. The van der Waals surface area contributed by atoms with Crippen molar-refractivity contribution in [1.82, 2.24) is 0 Å². The van der Waals surface area contributed by atoms with Gasteiger partial charge in [-0.05, 0) is 12.8 Å². The first-order valence-electron chi connectivity index (χ1n) is 4.70. The molecule has 0 unspecified atom stereocenters. The molecule has 0 radical (unpaired) electrons. The molecule has 14 heavy (non-hydrogen) atoms. The summed E-state index contributed by atoms with van der Waals surface area (Å²) in [5, 5.41) is 17.4. The summed E-state index contributed by atoms with van der Waals surface area (Å²) in [7, 11) is 0. The summed E-state index contributed by atoms with van der Waals surface area (Å²) < 4.78 is 0. The largest absolute Gasteiger partial charge is 0.481 e. The van der Waals surface area contributed by atoms with Gasteiger partial charge in [0.25, 0.3) is 0 Å². The molecule has 2 N–H and O–H groups in total. The van der Waals surface area contributed by atoms with E-state index in [0.717, 1.165) is 12.8 Å². The molecule has 0 spiro atoms. The van der Waals surface area contributed by atoms with Crippen molar-refractivity contribution in [2.75, 3.05) is 0 Å². The van der Waals surface area contributed by atoms with Gasteiger partial charge in [-0.3, -0.25) is 9.59 Å². The fourth-order valence-electron chi connectivity index (χ4n) is 1.84. The van der Waals surface area contributed by atoms with Crippen LogP contribution in [0.15, 0.2) is 12.2 Å². The van der Waals surface area contributed by atoms with Gasteiger partial charge in [0, 0.05) is 0 Å². The van der Waals surface area contributed by atoms with E-state index in [9.17, 15) is 9.59 Å². The molecule has 0 heterocycles. The van der Waals surface area contributed by atoms with E-state index in [2.05, 4.69) is 0 Å². The van der Waals surface area contributed by atoms with Crippen LogP contribution in [-0.2, 0) is 9.59 Å². The number of rotatable bonds is 4. The van der Waals surface area contributed by atoms with Crippen LogP contribution in [0, 0.1) is 5.41 Å². The molecule has 0 aromatic carbocycles. The second kappa shape index (κ2) is 4.26. The molecule has 1 aliphatic rings. The van der Waals surface area contributed by atoms with Crippen LogP contribution in [0.3, 0.4) is 0 Å². The van der Waals surface area contributed by atoms with Gasteiger partial charge in [-0.25, -0.2) is 0 Å². The average molecular weight is 198 g/mol. The van der Waals surface area contributed by atoms with Gasteiger partial charge in [0.05, 0.1) is 11.8 Å². The Labute approximate surface area is 82.2 Å². The Morgan fingerprint density at radius 1 is 1.21 bits per heavy atom. The SMILES string of the molecule is O=C(O)CC=CC1(C(=O)O)CCCC1. The van der Waals surface area contributed by atoms with Crippen LogP contribution >= 0.6 is 0 Å². The van der Waals surface area contributed by atoms with Gasteiger partial charge in [-0.2, -0.15) is 0 Å². The minimum atomic E-state index is -0.931. The van der Waals surface area contributed by atoms with E-state index < -0.39 is 17.4 Å². The summed E-state index contributed by atoms with van der Waals surface area (Å²) in [6, 6.07) is 0. The molecule has 0 aromatic rings. The van der Waals surface area contributed by atoms with Crippen LogP contribution < -0.4 is 0 Å². The fourth-order valence-corrected chi connectivity index (χ4v) is 1.84. The topological polar surface area (TPSA) is 74.6 Å². The Kier molecular flexibility index (Phi) is 3.28. The quantitative estimate of drug-likeness (QED) is 0.674. The molecule has 1 fully saturated rings. The lowest BCUT2D eigenvalue weighted by molar-refractivity contribution is -0.145. The second-order valence-corrected chi connectivity index (χ2v) is 3.67. The summed E-state index contributed by atoms with van der Waals surface area (Å²) in [5.74, 6) is -1.77. The molecule has 0 saturated heterocycles. The minimum absolute atomic E-state index is 0.102. The van der Waals surface area contributed by atoms with Crippen molar-refractivity contribution < 1.29 is 19.8 Å². The van der Waals surface area contributed by atoms with Crippen LogP contribution in [0.1, 0.15) is 32.1 Å². The molecule has 0 aromatic heterocycles. The number of carbonyl (C=O) groups is 2. The predicted octanol–water partition coefficient (Wildman–Crippen LogP) is 1.66. The van der Waals surface area contributed by atoms with E-state index in [-0.39, 0.29) is 6.42 Å². The number of hydrogen-bond donors (Lipinski definition) is 2. The molecule has 78 valence electrons. The van der Waals surface area contributed by atoms with Crippen LogP contribution in [-0.4, -0.2) is 22.2 Å². The minimum Gasteiger partial charge on any atom is -0.481 e. The zero-order valence-electron chi connectivity index (χ0n) is 7.90. The highest BCUT2D eigenvalue weighted by molar-refractivity contribution is 5.77. The number of carboxylic acids is 2. The van der Waals surface area contributed by atoms with Gasteiger partial charge in [-0.15, -0.1) is 0 Å². The van der Waals surface area contributed by atoms with Gasteiger partial charge in [0.15, 0.2) is 0 Å². The molecular weight excluding hydrogens is 184 g/mol. The lowest BCUT2D eigenvalue weighted by Gasteiger charge is -2.18. The highest BCUT2D eigenvalue weighted by Gasteiger charge is 2.38. The standard InChI is InChI=1S/C10H14O4/c11-8(12)4-3-7-10(9(13)14)5-1-2-6-10/h3,7H,1-2,4-6H2,(H,11,12)(H,13,14). The van der Waals surface area contributed by atoms with Crippen molar-refractivity contribution in [3.05, 3.63) is 12.2 Å². The summed E-state index contributed by atoms with van der Waals surface area (Å²) in [6.07, 6.45) is 5.96. The Hall–Kier alpha value is -1.32. The molecule has 0 bridgehead atoms. The summed E-state index contributed by atoms with van der Waals surface area (Å²) in [4.78, 5) is 21.2. The van der Waals surface area contributed by atoms with Crippen LogP contribution in [0.25, 0.3) is 0 Å². The third-order valence-electron chi connectivity index (χ3n) is 2.65. The lowest BCUT2D eigenvalue weighted by Crippen LogP contribution is -2.25. The molecule has 0 atom stereocenters. The number of aliphatic carboxylic acids is 2. The summed E-state index contributed by atoms with van der Waals surface area (Å²) in [5.41, 5.74) is -0.796. The van der Waals surface area contributed by atoms with Gasteiger partial charge in [-0.1, -0.05) is 25.0 Å². The Bertz CT molecular complexity index is 261. The van der Waals surface area contributed by atoms with Crippen molar-refractivity contribution in [3.8, 4) is 0 Å². The first kappa shape index (κ1) is 10.8. The number of hydrogen-bond acceptors (Lipinski definition) is 2. The molecule has 4 heteroatoms. The first-order valence-corrected chi connectivity index (χ1v) is 4.70. The molecule has 1 saturated carbocycles. The van der Waals surface area contributed by atoms with Gasteiger partial charge in [0.1, 0.15) is 0 Å². The van der Waals surface area contributed by atoms with Crippen molar-refractivity contribution in [1.29, 1.82) is 0 Å². The van der Waals surface area contributed by atoms with Crippen LogP contribution in [0.2, 0.25) is 0 Å². The maximum atomic E-state index is 11.0. The van der Waals surface area contributed by atoms with Crippen molar-refractivity contribution in [2.45, 2.75) is 32.1 Å². The van der Waals surface area contributed by atoms with E-state index in [1.165, 1.54) is 6.08 Å². The number of carboxylic acid groups (broad SMARTS) is 2. The predicted molar refractivity (Wildman–Crippen MR) is 49.9 cm³/mol. The molecular formula is C10H14O4. The summed E-state index contributed by atoms with van der Waals surface area (Å²) in [6.45, 7) is 0. The third-order valence-corrected chi connectivity index (χ3v) is 2.65. The molecule has 0 amide bonds. The normalized spacial score (nSPS) is 20.0. The average Bonchev–Trinajstić information content (AvgIpc) is 2.53. The zero-order chi connectivity index (χ0) is 10.6. The monoisotopic (exact) mass is 198 g/mol. The van der Waals surface area contributed by atoms with Crippen molar-refractivity contribution in [2.24, 2.45) is 5.41 Å². The zero-order valence-corrected chi connectivity index (χ0v) is 7.90. The lowest BCUT2D eigenvalue weighted by atomic mass is 9.86. The Morgan fingerprint density at radius 2 is 1.79 bits per heavy atom. The highest BCUT2D eigenvalue weighted by atomic mass is 16.4. The maximum absolute atomic E-state index is 11.0. The van der Waals surface area contributed by atoms with Crippen LogP contribution in [0.5, 0.6) is 0 Å². The van der Waals surface area contributed by atoms with Crippen molar-refractivity contribution in [3.63, 3.8) is 0 Å². The van der Waals surface area contributed by atoms with Gasteiger partial charge in [0.2, 0.25) is 0 Å². The highest BCUT2D eigenvalue weighted by Crippen LogP contribution is 2.39.